The third-order valence-corrected chi connectivity index (χ3v) is 10.4. The number of likely N-dealkylation sites (tertiary alicyclic amines) is 1. The maximum absolute atomic E-state index is 14.2. The summed E-state index contributed by atoms with van der Waals surface area (Å²) < 4.78 is 30.1. The number of urea groups is 1. The summed E-state index contributed by atoms with van der Waals surface area (Å²) in [5, 5.41) is 13.1. The molecule has 4 amide bonds. The van der Waals surface area contributed by atoms with E-state index in [1.807, 2.05) is 42.5 Å². The predicted molar refractivity (Wildman–Crippen MR) is 219 cm³/mol. The quantitative estimate of drug-likeness (QED) is 0.0764. The van der Waals surface area contributed by atoms with E-state index < -0.39 is 41.6 Å². The van der Waals surface area contributed by atoms with Gasteiger partial charge >= 0.3 is 6.03 Å². The molecule has 1 fully saturated rings. The molecule has 2 atom stereocenters. The number of rotatable bonds is 15. The number of hydrogen-bond acceptors (Lipinski definition) is 5. The molecule has 0 aliphatic carbocycles. The smallest absolute Gasteiger partial charge is 0.319 e. The molecule has 5 aromatic rings. The van der Waals surface area contributed by atoms with Crippen LogP contribution in [0.1, 0.15) is 41.5 Å². The maximum Gasteiger partial charge on any atom is 0.319 e. The van der Waals surface area contributed by atoms with Gasteiger partial charge in [-0.05, 0) is 92.0 Å². The molecule has 10 nitrogen and oxygen atoms in total. The molecule has 1 aliphatic rings. The van der Waals surface area contributed by atoms with Crippen LogP contribution >= 0.6 is 35.6 Å². The van der Waals surface area contributed by atoms with Gasteiger partial charge in [0.15, 0.2) is 11.6 Å². The van der Waals surface area contributed by atoms with Crippen LogP contribution in [0.3, 0.4) is 0 Å². The number of benzene rings is 4. The third kappa shape index (κ3) is 11.0. The molecule has 6 N–H and O–H groups in total. The summed E-state index contributed by atoms with van der Waals surface area (Å²) >= 11 is 13.1. The van der Waals surface area contributed by atoms with Gasteiger partial charge in [-0.15, -0.1) is 12.4 Å². The number of aromatic nitrogens is 1. The van der Waals surface area contributed by atoms with Gasteiger partial charge in [0.05, 0.1) is 12.1 Å². The highest BCUT2D eigenvalue weighted by molar-refractivity contribution is 6.36. The number of nitrogens with zero attached hydrogens (tertiary/aromatic N) is 2. The molecule has 1 aliphatic heterocycles. The Hall–Kier alpha value is -4.72. The van der Waals surface area contributed by atoms with Gasteiger partial charge in [0.2, 0.25) is 11.8 Å². The fourth-order valence-electron chi connectivity index (χ4n) is 6.79. The van der Waals surface area contributed by atoms with E-state index in [9.17, 15) is 23.2 Å². The molecular weight excluding hydrogens is 783 g/mol. The molecule has 1 saturated heterocycles. The molecule has 0 bridgehead atoms. The first-order valence-corrected chi connectivity index (χ1v) is 18.9. The largest absolute Gasteiger partial charge is 0.350 e. The Balaban J connectivity index is 0.00000600. The van der Waals surface area contributed by atoms with Gasteiger partial charge in [0, 0.05) is 52.4 Å². The molecule has 0 saturated carbocycles. The van der Waals surface area contributed by atoms with E-state index in [4.69, 9.17) is 28.9 Å². The van der Waals surface area contributed by atoms with Crippen LogP contribution in [0.5, 0.6) is 0 Å². The van der Waals surface area contributed by atoms with Crippen LogP contribution in [0.15, 0.2) is 91.1 Å². The molecule has 56 heavy (non-hydrogen) atoms. The standard InChI is InChI=1S/C41H43Cl2F2N7O3.ClH/c42-32-9-6-10-33(43)31(32)25-52-24-28(23-51-17-4-5-18-51)30-13-12-29(21-38(30)52)48-41(55)50-37(20-27-11-14-34(44)35(45)19-27)40(54)49-36(15-16-46)39(53)47-22-26-7-2-1-3-8-26;/h1-3,6-14,19,21,24,36-37H,4-5,15-18,20,22-23,25,46H2,(H,47,53)(H,49,54)(H2,48,50,55);1H/t36-,37-;/m0./s1. The summed E-state index contributed by atoms with van der Waals surface area (Å²) in [7, 11) is 0. The molecule has 1 aromatic heterocycles. The van der Waals surface area contributed by atoms with E-state index in [2.05, 4.69) is 36.9 Å². The fraction of sp³-hybridized carbons (Fsp3) is 0.293. The van der Waals surface area contributed by atoms with E-state index >= 15 is 0 Å². The number of nitrogens with one attached hydrogen (secondary N) is 4. The van der Waals surface area contributed by atoms with Crippen LogP contribution in [-0.2, 0) is 35.6 Å². The molecule has 0 radical (unpaired) electrons. The third-order valence-electron chi connectivity index (χ3n) is 9.65. The number of halogens is 5. The summed E-state index contributed by atoms with van der Waals surface area (Å²) in [4.78, 5) is 42.9. The van der Waals surface area contributed by atoms with Crippen LogP contribution in [0, 0.1) is 11.6 Å². The highest BCUT2D eigenvalue weighted by Crippen LogP contribution is 2.31. The van der Waals surface area contributed by atoms with Crippen LogP contribution in [0.4, 0.5) is 19.3 Å². The lowest BCUT2D eigenvalue weighted by Gasteiger charge is -2.23. The van der Waals surface area contributed by atoms with Crippen LogP contribution in [0.2, 0.25) is 10.0 Å². The Bertz CT molecular complexity index is 2130. The Morgan fingerprint density at radius 2 is 1.52 bits per heavy atom. The maximum atomic E-state index is 14.2. The summed E-state index contributed by atoms with van der Waals surface area (Å²) in [5.41, 5.74) is 10.1. The predicted octanol–water partition coefficient (Wildman–Crippen LogP) is 7.18. The summed E-state index contributed by atoms with van der Waals surface area (Å²) in [6, 6.07) is 20.4. The SMILES string of the molecule is Cl.NCC[C@H](NC(=O)[C@H](Cc1ccc(F)c(F)c1)NC(=O)Nc1ccc2c(CN3CCCC3)cn(Cc3c(Cl)cccc3Cl)c2c1)C(=O)NCc1ccccc1. The number of nitrogens with two attached hydrogens (primary N) is 1. The Morgan fingerprint density at radius 3 is 2.21 bits per heavy atom. The average molecular weight is 827 g/mol. The highest BCUT2D eigenvalue weighted by atomic mass is 35.5. The van der Waals surface area contributed by atoms with E-state index in [1.54, 1.807) is 24.3 Å². The number of fused-ring (bicyclic) bond motifs is 1. The zero-order valence-electron chi connectivity index (χ0n) is 30.5. The molecule has 6 rings (SSSR count). The van der Waals surface area contributed by atoms with E-state index in [0.29, 0.717) is 22.3 Å². The first-order chi connectivity index (χ1) is 26.6. The lowest BCUT2D eigenvalue weighted by molar-refractivity contribution is -0.130. The van der Waals surface area contributed by atoms with Crippen molar-refractivity contribution in [1.82, 2.24) is 25.4 Å². The van der Waals surface area contributed by atoms with Gasteiger partial charge < -0.3 is 31.6 Å². The summed E-state index contributed by atoms with van der Waals surface area (Å²) in [6.07, 6.45) is 4.32. The first kappa shape index (κ1) is 42.4. The lowest BCUT2D eigenvalue weighted by atomic mass is 10.0. The monoisotopic (exact) mass is 825 g/mol. The van der Waals surface area contributed by atoms with Crippen molar-refractivity contribution in [3.63, 3.8) is 0 Å². The Morgan fingerprint density at radius 1 is 0.786 bits per heavy atom. The van der Waals surface area contributed by atoms with Crippen LogP contribution in [0.25, 0.3) is 10.9 Å². The molecular formula is C41H44Cl3F2N7O3. The number of anilines is 1. The molecule has 296 valence electrons. The number of carbonyl (C=O) groups excluding carboxylic acids is 3. The molecule has 15 heteroatoms. The van der Waals surface area contributed by atoms with Crippen molar-refractivity contribution in [2.45, 2.75) is 57.4 Å². The van der Waals surface area contributed by atoms with Gasteiger partial charge in [-0.1, -0.05) is 71.7 Å². The van der Waals surface area contributed by atoms with Gasteiger partial charge in [-0.25, -0.2) is 13.6 Å². The van der Waals surface area contributed by atoms with Gasteiger partial charge in [-0.2, -0.15) is 0 Å². The Labute approximate surface area is 340 Å². The molecule has 0 spiro atoms. The summed E-state index contributed by atoms with van der Waals surface area (Å²) in [6.45, 7) is 3.53. The second kappa shape index (κ2) is 19.9. The Kier molecular flexibility index (Phi) is 15.1. The zero-order chi connectivity index (χ0) is 38.9. The minimum atomic E-state index is -1.28. The number of amides is 4. The fourth-order valence-corrected chi connectivity index (χ4v) is 7.31. The van der Waals surface area contributed by atoms with Crippen molar-refractivity contribution < 1.29 is 23.2 Å². The minimum Gasteiger partial charge on any atom is -0.350 e. The zero-order valence-corrected chi connectivity index (χ0v) is 32.8. The number of hydrogen-bond donors (Lipinski definition) is 5. The van der Waals surface area contributed by atoms with Crippen LogP contribution in [-0.4, -0.2) is 59.0 Å². The minimum absolute atomic E-state index is 0. The van der Waals surface area contributed by atoms with Crippen molar-refractivity contribution in [1.29, 1.82) is 0 Å². The first-order valence-electron chi connectivity index (χ1n) is 18.2. The van der Waals surface area contributed by atoms with Crippen molar-refractivity contribution in [3.05, 3.63) is 135 Å². The van der Waals surface area contributed by atoms with Crippen LogP contribution < -0.4 is 27.0 Å². The molecule has 0 unspecified atom stereocenters. The van der Waals surface area contributed by atoms with Gasteiger partial charge in [-0.3, -0.25) is 14.5 Å². The number of carbonyl (C=O) groups is 3. The highest BCUT2D eigenvalue weighted by Gasteiger charge is 2.27. The van der Waals surface area contributed by atoms with Gasteiger partial charge in [0.1, 0.15) is 12.1 Å². The normalized spacial score (nSPS) is 13.8. The average Bonchev–Trinajstić information content (AvgIpc) is 3.81. The van der Waals surface area contributed by atoms with Crippen molar-refractivity contribution in [3.8, 4) is 0 Å². The van der Waals surface area contributed by atoms with E-state index in [-0.39, 0.29) is 43.9 Å². The topological polar surface area (TPSA) is 134 Å². The molecule has 2 heterocycles. The van der Waals surface area contributed by atoms with E-state index in [1.165, 1.54) is 6.07 Å². The van der Waals surface area contributed by atoms with E-state index in [0.717, 1.165) is 72.2 Å². The molecule has 4 aromatic carbocycles. The van der Waals surface area contributed by atoms with Crippen molar-refractivity contribution >= 4 is 70.0 Å². The van der Waals surface area contributed by atoms with Crippen molar-refractivity contribution in [2.75, 3.05) is 25.0 Å². The van der Waals surface area contributed by atoms with Gasteiger partial charge in [0.25, 0.3) is 0 Å². The second-order valence-corrected chi connectivity index (χ2v) is 14.5. The van der Waals surface area contributed by atoms with Crippen molar-refractivity contribution in [2.24, 2.45) is 5.73 Å². The lowest BCUT2D eigenvalue weighted by Crippen LogP contribution is -2.55. The second-order valence-electron chi connectivity index (χ2n) is 13.6. The summed E-state index contributed by atoms with van der Waals surface area (Å²) in [5.74, 6) is -3.31.